The molecule has 0 radical (unpaired) electrons. The quantitative estimate of drug-likeness (QED) is 0.681. The van der Waals surface area contributed by atoms with Crippen molar-refractivity contribution in [2.24, 2.45) is 11.7 Å². The van der Waals surface area contributed by atoms with Crippen LogP contribution in [-0.2, 0) is 9.59 Å². The van der Waals surface area contributed by atoms with Crippen LogP contribution in [0.1, 0.15) is 59.8 Å². The minimum absolute atomic E-state index is 0.0109. The zero-order chi connectivity index (χ0) is 15.8. The van der Waals surface area contributed by atoms with Crippen LogP contribution in [0, 0.1) is 5.92 Å². The molecule has 1 unspecified atom stereocenters. The van der Waals surface area contributed by atoms with Gasteiger partial charge >= 0.3 is 5.97 Å². The molecule has 0 aromatic heterocycles. The molecule has 0 aliphatic heterocycles. The number of nitrogens with two attached hydrogens (primary N) is 1. The second kappa shape index (κ2) is 8.95. The Labute approximate surface area is 122 Å². The molecule has 0 heterocycles. The van der Waals surface area contributed by atoms with Gasteiger partial charge in [0.15, 0.2) is 0 Å². The van der Waals surface area contributed by atoms with E-state index in [4.69, 9.17) is 10.8 Å². The summed E-state index contributed by atoms with van der Waals surface area (Å²) in [6.45, 7) is 8.83. The number of aliphatic carboxylic acids is 1. The van der Waals surface area contributed by atoms with Crippen molar-refractivity contribution in [3.05, 3.63) is 0 Å². The van der Waals surface area contributed by atoms with Crippen LogP contribution in [0.15, 0.2) is 0 Å². The highest BCUT2D eigenvalue weighted by atomic mass is 16.4. The van der Waals surface area contributed by atoms with Crippen LogP contribution in [0.2, 0.25) is 0 Å². The summed E-state index contributed by atoms with van der Waals surface area (Å²) >= 11 is 0. The van der Waals surface area contributed by atoms with Crippen molar-refractivity contribution in [3.8, 4) is 0 Å². The molecule has 0 saturated carbocycles. The Morgan fingerprint density at radius 1 is 1.20 bits per heavy atom. The Morgan fingerprint density at radius 2 is 1.80 bits per heavy atom. The summed E-state index contributed by atoms with van der Waals surface area (Å²) in [5, 5.41) is 8.78. The van der Waals surface area contributed by atoms with Gasteiger partial charge in [0.2, 0.25) is 5.91 Å². The molecule has 118 valence electrons. The molecular weight excluding hydrogens is 256 g/mol. The maximum atomic E-state index is 12.3. The van der Waals surface area contributed by atoms with Gasteiger partial charge in [0.25, 0.3) is 0 Å². The Balaban J connectivity index is 4.51. The summed E-state index contributed by atoms with van der Waals surface area (Å²) in [6, 6.07) is 0. The highest BCUT2D eigenvalue weighted by Crippen LogP contribution is 2.20. The first-order chi connectivity index (χ1) is 9.22. The molecule has 0 rings (SSSR count). The van der Waals surface area contributed by atoms with Gasteiger partial charge in [-0.05, 0) is 46.1 Å². The Morgan fingerprint density at radius 3 is 2.20 bits per heavy atom. The Kier molecular flexibility index (Phi) is 8.46. The van der Waals surface area contributed by atoms with Crippen molar-refractivity contribution < 1.29 is 14.7 Å². The third-order valence-corrected chi connectivity index (χ3v) is 3.58. The molecule has 0 fully saturated rings. The average molecular weight is 286 g/mol. The SMILES string of the molecule is CCC(CCN)CCC(=O)N(CCC(=O)O)C(C)(C)C. The van der Waals surface area contributed by atoms with E-state index in [0.717, 1.165) is 19.3 Å². The second-order valence-electron chi connectivity index (χ2n) is 6.25. The minimum atomic E-state index is -0.874. The van der Waals surface area contributed by atoms with E-state index in [-0.39, 0.29) is 24.4 Å². The molecule has 1 atom stereocenters. The van der Waals surface area contributed by atoms with Gasteiger partial charge in [0.05, 0.1) is 6.42 Å². The van der Waals surface area contributed by atoms with Crippen molar-refractivity contribution in [3.63, 3.8) is 0 Å². The molecule has 1 amide bonds. The maximum absolute atomic E-state index is 12.3. The average Bonchev–Trinajstić information content (AvgIpc) is 2.32. The molecule has 0 aliphatic rings. The number of amides is 1. The van der Waals surface area contributed by atoms with Gasteiger partial charge < -0.3 is 15.7 Å². The number of rotatable bonds is 9. The number of hydrogen-bond acceptors (Lipinski definition) is 3. The number of nitrogens with zero attached hydrogens (tertiary/aromatic N) is 1. The van der Waals surface area contributed by atoms with E-state index in [1.807, 2.05) is 20.8 Å². The van der Waals surface area contributed by atoms with Gasteiger partial charge in [-0.2, -0.15) is 0 Å². The Bertz CT molecular complexity index is 311. The lowest BCUT2D eigenvalue weighted by Crippen LogP contribution is -2.46. The summed E-state index contributed by atoms with van der Waals surface area (Å²) in [5.41, 5.74) is 5.22. The highest BCUT2D eigenvalue weighted by Gasteiger charge is 2.26. The van der Waals surface area contributed by atoms with Crippen LogP contribution in [0.25, 0.3) is 0 Å². The summed E-state index contributed by atoms with van der Waals surface area (Å²) in [4.78, 5) is 24.7. The van der Waals surface area contributed by atoms with Gasteiger partial charge in [0.1, 0.15) is 0 Å². The molecule has 3 N–H and O–H groups in total. The van der Waals surface area contributed by atoms with Gasteiger partial charge in [0, 0.05) is 18.5 Å². The fourth-order valence-corrected chi connectivity index (χ4v) is 2.29. The Hall–Kier alpha value is -1.10. The van der Waals surface area contributed by atoms with E-state index >= 15 is 0 Å². The summed E-state index contributed by atoms with van der Waals surface area (Å²) in [5.74, 6) is -0.360. The van der Waals surface area contributed by atoms with Crippen molar-refractivity contribution in [2.45, 2.75) is 65.3 Å². The number of carboxylic acids is 1. The minimum Gasteiger partial charge on any atom is -0.481 e. The van der Waals surface area contributed by atoms with E-state index in [9.17, 15) is 9.59 Å². The predicted molar refractivity (Wildman–Crippen MR) is 80.4 cm³/mol. The third-order valence-electron chi connectivity index (χ3n) is 3.58. The molecule has 0 aromatic rings. The van der Waals surface area contributed by atoms with E-state index in [2.05, 4.69) is 6.92 Å². The maximum Gasteiger partial charge on any atom is 0.305 e. The highest BCUT2D eigenvalue weighted by molar-refractivity contribution is 5.77. The monoisotopic (exact) mass is 286 g/mol. The van der Waals surface area contributed by atoms with Crippen LogP contribution in [0.3, 0.4) is 0 Å². The number of carbonyl (C=O) groups is 2. The molecule has 0 spiro atoms. The number of hydrogen-bond donors (Lipinski definition) is 2. The number of carbonyl (C=O) groups excluding carboxylic acids is 1. The third kappa shape index (κ3) is 7.48. The molecular formula is C15H30N2O3. The van der Waals surface area contributed by atoms with Gasteiger partial charge in [-0.3, -0.25) is 9.59 Å². The zero-order valence-electron chi connectivity index (χ0n) is 13.3. The van der Waals surface area contributed by atoms with Crippen molar-refractivity contribution in [2.75, 3.05) is 13.1 Å². The molecule has 0 saturated heterocycles. The zero-order valence-corrected chi connectivity index (χ0v) is 13.3. The largest absolute Gasteiger partial charge is 0.481 e. The lowest BCUT2D eigenvalue weighted by molar-refractivity contribution is -0.140. The van der Waals surface area contributed by atoms with Crippen LogP contribution in [-0.4, -0.2) is 40.5 Å². The van der Waals surface area contributed by atoms with Crippen LogP contribution in [0.5, 0.6) is 0 Å². The molecule has 5 nitrogen and oxygen atoms in total. The van der Waals surface area contributed by atoms with Crippen molar-refractivity contribution >= 4 is 11.9 Å². The first-order valence-electron chi connectivity index (χ1n) is 7.44. The van der Waals surface area contributed by atoms with Crippen LogP contribution >= 0.6 is 0 Å². The van der Waals surface area contributed by atoms with Crippen LogP contribution in [0.4, 0.5) is 0 Å². The molecule has 0 aliphatic carbocycles. The van der Waals surface area contributed by atoms with Crippen molar-refractivity contribution in [1.82, 2.24) is 4.90 Å². The molecule has 0 bridgehead atoms. The lowest BCUT2D eigenvalue weighted by atomic mass is 9.95. The molecule has 5 heteroatoms. The van der Waals surface area contributed by atoms with Gasteiger partial charge in [-0.15, -0.1) is 0 Å². The summed E-state index contributed by atoms with van der Waals surface area (Å²) < 4.78 is 0. The smallest absolute Gasteiger partial charge is 0.305 e. The first kappa shape index (κ1) is 18.9. The van der Waals surface area contributed by atoms with Gasteiger partial charge in [-0.25, -0.2) is 0 Å². The lowest BCUT2D eigenvalue weighted by Gasteiger charge is -2.36. The standard InChI is InChI=1S/C15H30N2O3/c1-5-12(8-10-16)6-7-13(18)17(15(2,3)4)11-9-14(19)20/h12H,5-11,16H2,1-4H3,(H,19,20). The fourth-order valence-electron chi connectivity index (χ4n) is 2.29. The second-order valence-corrected chi connectivity index (χ2v) is 6.25. The molecule has 20 heavy (non-hydrogen) atoms. The van der Waals surface area contributed by atoms with Gasteiger partial charge in [-0.1, -0.05) is 13.3 Å². The van der Waals surface area contributed by atoms with Crippen molar-refractivity contribution in [1.29, 1.82) is 0 Å². The topological polar surface area (TPSA) is 83.6 Å². The fraction of sp³-hybridized carbons (Fsp3) is 0.867. The van der Waals surface area contributed by atoms with E-state index in [0.29, 0.717) is 18.9 Å². The first-order valence-corrected chi connectivity index (χ1v) is 7.44. The summed E-state index contributed by atoms with van der Waals surface area (Å²) in [7, 11) is 0. The van der Waals surface area contributed by atoms with E-state index in [1.165, 1.54) is 0 Å². The van der Waals surface area contributed by atoms with Crippen LogP contribution < -0.4 is 5.73 Å². The predicted octanol–water partition coefficient (Wildman–Crippen LogP) is 2.24. The normalized spacial score (nSPS) is 13.1. The number of carboxylic acid groups (broad SMARTS) is 1. The van der Waals surface area contributed by atoms with E-state index in [1.54, 1.807) is 4.90 Å². The van der Waals surface area contributed by atoms with E-state index < -0.39 is 5.97 Å². The molecule has 0 aromatic carbocycles. The summed E-state index contributed by atoms with van der Waals surface area (Å²) in [6.07, 6.45) is 3.24.